The molecule has 0 aliphatic carbocycles. The van der Waals surface area contributed by atoms with Gasteiger partial charge in [0.15, 0.2) is 5.96 Å². The van der Waals surface area contributed by atoms with Gasteiger partial charge in [-0.05, 0) is 18.9 Å². The van der Waals surface area contributed by atoms with E-state index in [0.29, 0.717) is 36.6 Å². The second-order valence-corrected chi connectivity index (χ2v) is 7.61. The molecule has 32 heavy (non-hydrogen) atoms. The van der Waals surface area contributed by atoms with E-state index in [9.17, 15) is 14.9 Å². The first-order valence-electron chi connectivity index (χ1n) is 10.3. The van der Waals surface area contributed by atoms with Gasteiger partial charge in [0.2, 0.25) is 5.91 Å². The third-order valence-electron chi connectivity index (χ3n) is 5.22. The van der Waals surface area contributed by atoms with E-state index < -0.39 is 4.92 Å². The number of nitro benzene ring substituents is 1. The third kappa shape index (κ3) is 5.80. The maximum Gasteiger partial charge on any atom is 0.292 e. The number of amides is 1. The number of nitrogens with two attached hydrogens (primary N) is 1. The van der Waals surface area contributed by atoms with Crippen LogP contribution in [0.3, 0.4) is 0 Å². The number of nitro groups is 1. The monoisotopic (exact) mass is 441 g/mol. The molecule has 0 spiro atoms. The predicted octanol–water partition coefficient (Wildman–Crippen LogP) is 1.42. The summed E-state index contributed by atoms with van der Waals surface area (Å²) in [5.41, 5.74) is 10.6. The maximum absolute atomic E-state index is 11.6. The highest BCUT2D eigenvalue weighted by molar-refractivity contribution is 6.06. The first kappa shape index (κ1) is 22.7. The van der Waals surface area contributed by atoms with E-state index >= 15 is 0 Å². The summed E-state index contributed by atoms with van der Waals surface area (Å²) in [5, 5.41) is 26.5. The molecule has 1 atom stereocenters. The molecule has 0 saturated carbocycles. The minimum atomic E-state index is -0.453. The Morgan fingerprint density at radius 3 is 2.91 bits per heavy atom. The van der Waals surface area contributed by atoms with Gasteiger partial charge in [-0.25, -0.2) is 10.4 Å². The quantitative estimate of drug-likeness (QED) is 0.160. The van der Waals surface area contributed by atoms with Gasteiger partial charge in [0.1, 0.15) is 5.69 Å². The van der Waals surface area contributed by atoms with Crippen molar-refractivity contribution in [1.82, 2.24) is 20.3 Å². The Hall–Kier alpha value is -3.96. The second-order valence-electron chi connectivity index (χ2n) is 7.61. The lowest BCUT2D eigenvalue weighted by atomic mass is 9.93. The molecule has 2 aromatic rings. The molecule has 2 heterocycles. The van der Waals surface area contributed by atoms with Crippen LogP contribution in [-0.4, -0.2) is 57.0 Å². The molecule has 1 amide bonds. The van der Waals surface area contributed by atoms with Gasteiger partial charge in [0, 0.05) is 55.5 Å². The maximum atomic E-state index is 11.6. The van der Waals surface area contributed by atoms with E-state index in [-0.39, 0.29) is 29.9 Å². The SMILES string of the molecule is CC1CC(=O)NN=C1c1ccc(NCCN(CCCc2cnc[nH]2)C(=N)N)c([N+](=O)[O-])c1. The van der Waals surface area contributed by atoms with Gasteiger partial charge in [0.05, 0.1) is 17.0 Å². The van der Waals surface area contributed by atoms with E-state index in [1.807, 2.05) is 6.92 Å². The summed E-state index contributed by atoms with van der Waals surface area (Å²) in [6.07, 6.45) is 5.24. The van der Waals surface area contributed by atoms with E-state index in [1.54, 1.807) is 29.6 Å². The molecule has 6 N–H and O–H groups in total. The molecule has 1 aromatic carbocycles. The van der Waals surface area contributed by atoms with E-state index in [0.717, 1.165) is 18.5 Å². The van der Waals surface area contributed by atoms with Crippen molar-refractivity contribution in [2.45, 2.75) is 26.2 Å². The zero-order chi connectivity index (χ0) is 23.1. The van der Waals surface area contributed by atoms with Gasteiger partial charge in [-0.2, -0.15) is 5.10 Å². The number of benzene rings is 1. The number of carbonyl (C=O) groups is 1. The normalized spacial score (nSPS) is 15.6. The van der Waals surface area contributed by atoms with Crippen LogP contribution in [0, 0.1) is 21.4 Å². The fourth-order valence-electron chi connectivity index (χ4n) is 3.55. The average Bonchev–Trinajstić information content (AvgIpc) is 3.26. The van der Waals surface area contributed by atoms with Gasteiger partial charge in [-0.1, -0.05) is 13.0 Å². The zero-order valence-corrected chi connectivity index (χ0v) is 17.8. The van der Waals surface area contributed by atoms with E-state index in [4.69, 9.17) is 11.1 Å². The minimum absolute atomic E-state index is 0.0485. The zero-order valence-electron chi connectivity index (χ0n) is 17.8. The van der Waals surface area contributed by atoms with Crippen molar-refractivity contribution >= 4 is 29.0 Å². The van der Waals surface area contributed by atoms with Crippen LogP contribution in [0.15, 0.2) is 35.8 Å². The molecular weight excluding hydrogens is 414 g/mol. The summed E-state index contributed by atoms with van der Waals surface area (Å²) >= 11 is 0. The number of rotatable bonds is 10. The van der Waals surface area contributed by atoms with E-state index in [2.05, 4.69) is 25.8 Å². The molecule has 0 radical (unpaired) electrons. The van der Waals surface area contributed by atoms with E-state index in [1.165, 1.54) is 6.07 Å². The Kier molecular flexibility index (Phi) is 7.37. The number of aromatic nitrogens is 2. The molecule has 1 unspecified atom stereocenters. The number of guanidine groups is 1. The number of carbonyl (C=O) groups excluding carboxylic acids is 1. The number of H-pyrrole nitrogens is 1. The Labute approximate surface area is 184 Å². The van der Waals surface area contributed by atoms with Crippen LogP contribution in [0.4, 0.5) is 11.4 Å². The molecule has 0 fully saturated rings. The first-order valence-corrected chi connectivity index (χ1v) is 10.3. The standard InChI is InChI=1S/C20H27N9O3/c1-13-9-18(30)26-27-19(13)14-4-5-16(17(10-14)29(31)32)24-6-8-28(20(21)22)7-2-3-15-11-23-12-25-15/h4-5,10-13,24H,2-3,6-9H2,1H3,(H3,21,22)(H,23,25)(H,26,30). The van der Waals surface area contributed by atoms with Crippen molar-refractivity contribution in [2.24, 2.45) is 16.8 Å². The summed E-state index contributed by atoms with van der Waals surface area (Å²) in [6, 6.07) is 4.84. The largest absolute Gasteiger partial charge is 0.378 e. The van der Waals surface area contributed by atoms with Crippen LogP contribution in [0.25, 0.3) is 0 Å². The Bertz CT molecular complexity index is 1000. The van der Waals surface area contributed by atoms with Gasteiger partial charge >= 0.3 is 0 Å². The van der Waals surface area contributed by atoms with Gasteiger partial charge < -0.3 is 20.9 Å². The number of anilines is 1. The highest BCUT2D eigenvalue weighted by Crippen LogP contribution is 2.28. The Morgan fingerprint density at radius 2 is 2.25 bits per heavy atom. The molecule has 1 aliphatic rings. The summed E-state index contributed by atoms with van der Waals surface area (Å²) in [4.78, 5) is 31.4. The van der Waals surface area contributed by atoms with Crippen molar-refractivity contribution in [3.63, 3.8) is 0 Å². The molecule has 12 nitrogen and oxygen atoms in total. The van der Waals surface area contributed by atoms with Gasteiger partial charge in [-0.15, -0.1) is 0 Å². The second kappa shape index (κ2) is 10.4. The number of imidazole rings is 1. The summed E-state index contributed by atoms with van der Waals surface area (Å²) < 4.78 is 0. The topological polar surface area (TPSA) is 178 Å². The van der Waals surface area contributed by atoms with Crippen molar-refractivity contribution in [3.05, 3.63) is 52.1 Å². The van der Waals surface area contributed by atoms with Crippen molar-refractivity contribution in [2.75, 3.05) is 25.0 Å². The van der Waals surface area contributed by atoms with Gasteiger partial charge in [0.25, 0.3) is 5.69 Å². The summed E-state index contributed by atoms with van der Waals surface area (Å²) in [6.45, 7) is 3.24. The van der Waals surface area contributed by atoms with Crippen molar-refractivity contribution < 1.29 is 9.72 Å². The lowest BCUT2D eigenvalue weighted by molar-refractivity contribution is -0.384. The van der Waals surface area contributed by atoms with Crippen LogP contribution >= 0.6 is 0 Å². The van der Waals surface area contributed by atoms with Crippen molar-refractivity contribution in [1.29, 1.82) is 5.41 Å². The number of hydrogen-bond donors (Lipinski definition) is 5. The number of aromatic amines is 1. The molecular formula is C20H27N9O3. The van der Waals surface area contributed by atoms with Crippen LogP contribution in [0.2, 0.25) is 0 Å². The molecule has 0 bridgehead atoms. The molecule has 0 saturated heterocycles. The number of aryl methyl sites for hydroxylation is 1. The lowest BCUT2D eigenvalue weighted by Crippen LogP contribution is -2.40. The smallest absolute Gasteiger partial charge is 0.292 e. The van der Waals surface area contributed by atoms with Gasteiger partial charge in [-0.3, -0.25) is 20.3 Å². The fourth-order valence-corrected chi connectivity index (χ4v) is 3.55. The molecule has 3 rings (SSSR count). The number of hydrogen-bond acceptors (Lipinski definition) is 7. The Morgan fingerprint density at radius 1 is 1.44 bits per heavy atom. The number of nitrogens with one attached hydrogen (secondary N) is 4. The molecule has 1 aromatic heterocycles. The van der Waals surface area contributed by atoms with Crippen LogP contribution in [0.1, 0.15) is 31.0 Å². The minimum Gasteiger partial charge on any atom is -0.378 e. The fraction of sp³-hybridized carbons (Fsp3) is 0.400. The Balaban J connectivity index is 1.61. The number of hydrazone groups is 1. The highest BCUT2D eigenvalue weighted by atomic mass is 16.6. The summed E-state index contributed by atoms with van der Waals surface area (Å²) in [7, 11) is 0. The summed E-state index contributed by atoms with van der Waals surface area (Å²) in [5.74, 6) is -0.353. The number of nitrogens with zero attached hydrogens (tertiary/aromatic N) is 4. The predicted molar refractivity (Wildman–Crippen MR) is 120 cm³/mol. The lowest BCUT2D eigenvalue weighted by Gasteiger charge is -2.23. The van der Waals surface area contributed by atoms with Crippen LogP contribution in [0.5, 0.6) is 0 Å². The van der Waals surface area contributed by atoms with Crippen LogP contribution in [-0.2, 0) is 11.2 Å². The molecule has 12 heteroatoms. The van der Waals surface area contributed by atoms with Crippen LogP contribution < -0.4 is 16.5 Å². The molecule has 170 valence electrons. The van der Waals surface area contributed by atoms with Crippen molar-refractivity contribution in [3.8, 4) is 0 Å². The molecule has 1 aliphatic heterocycles. The first-order chi connectivity index (χ1) is 15.3. The highest BCUT2D eigenvalue weighted by Gasteiger charge is 2.24. The third-order valence-corrected chi connectivity index (χ3v) is 5.22. The average molecular weight is 441 g/mol.